The van der Waals surface area contributed by atoms with Crippen LogP contribution in [0.4, 0.5) is 0 Å². The van der Waals surface area contributed by atoms with Crippen molar-refractivity contribution in [2.24, 2.45) is 0 Å². The van der Waals surface area contributed by atoms with Gasteiger partial charge in [0.05, 0.1) is 19.6 Å². The molecular weight excluding hydrogens is 258 g/mol. The predicted octanol–water partition coefficient (Wildman–Crippen LogP) is 1.70. The minimum atomic E-state index is -0.935. The van der Waals surface area contributed by atoms with Crippen LogP contribution < -0.4 is 4.74 Å². The Kier molecular flexibility index (Phi) is 4.74. The first-order chi connectivity index (χ1) is 9.61. The fraction of sp³-hybridized carbons (Fsp3) is 0.467. The number of carboxylic acid groups (broad SMARTS) is 1. The van der Waals surface area contributed by atoms with Crippen molar-refractivity contribution in [1.82, 2.24) is 4.90 Å². The summed E-state index contributed by atoms with van der Waals surface area (Å²) in [5, 5.41) is 8.96. The maximum atomic E-state index is 11.9. The average molecular weight is 277 g/mol. The van der Waals surface area contributed by atoms with Crippen LogP contribution in [0.2, 0.25) is 0 Å². The first-order valence-corrected chi connectivity index (χ1v) is 6.72. The van der Waals surface area contributed by atoms with Gasteiger partial charge < -0.3 is 9.84 Å². The number of likely N-dealkylation sites (tertiary alicyclic amines) is 1. The molecule has 1 saturated heterocycles. The Balaban J connectivity index is 2.16. The van der Waals surface area contributed by atoms with Crippen molar-refractivity contribution in [3.8, 4) is 5.75 Å². The molecule has 1 unspecified atom stereocenters. The maximum absolute atomic E-state index is 11.9. The van der Waals surface area contributed by atoms with Crippen LogP contribution in [0.15, 0.2) is 24.3 Å². The minimum Gasteiger partial charge on any atom is -0.496 e. The zero-order valence-corrected chi connectivity index (χ0v) is 11.5. The number of carbonyl (C=O) groups is 2. The van der Waals surface area contributed by atoms with E-state index in [1.807, 2.05) is 29.2 Å². The number of methoxy groups -OCH3 is 1. The van der Waals surface area contributed by atoms with Crippen LogP contribution >= 0.6 is 0 Å². The third kappa shape index (κ3) is 3.36. The lowest BCUT2D eigenvalue weighted by Gasteiger charge is -2.34. The highest BCUT2D eigenvalue weighted by Crippen LogP contribution is 2.24. The number of carbonyl (C=O) groups excluding carboxylic acids is 1. The molecule has 2 rings (SSSR count). The summed E-state index contributed by atoms with van der Waals surface area (Å²) in [6.45, 7) is 1.27. The van der Waals surface area contributed by atoms with E-state index in [-0.39, 0.29) is 12.2 Å². The van der Waals surface area contributed by atoms with E-state index in [9.17, 15) is 9.59 Å². The van der Waals surface area contributed by atoms with Crippen molar-refractivity contribution in [2.75, 3.05) is 13.7 Å². The van der Waals surface area contributed by atoms with Crippen LogP contribution in [-0.4, -0.2) is 41.5 Å². The smallest absolute Gasteiger partial charge is 0.305 e. The molecule has 0 bridgehead atoms. The molecule has 1 aliphatic rings. The van der Waals surface area contributed by atoms with Crippen molar-refractivity contribution in [3.05, 3.63) is 29.8 Å². The summed E-state index contributed by atoms with van der Waals surface area (Å²) in [6.07, 6.45) is 1.12. The topological polar surface area (TPSA) is 66.8 Å². The monoisotopic (exact) mass is 277 g/mol. The Morgan fingerprint density at radius 2 is 2.20 bits per heavy atom. The molecule has 1 aliphatic heterocycles. The first-order valence-electron chi connectivity index (χ1n) is 6.72. The van der Waals surface area contributed by atoms with Crippen LogP contribution in [0.25, 0.3) is 0 Å². The number of hydrogen-bond donors (Lipinski definition) is 1. The number of ketones is 1. The molecule has 1 atom stereocenters. The number of rotatable bonds is 5. The Hall–Kier alpha value is -1.88. The molecule has 20 heavy (non-hydrogen) atoms. The van der Waals surface area contributed by atoms with Gasteiger partial charge in [0.25, 0.3) is 0 Å². The Morgan fingerprint density at radius 1 is 1.45 bits per heavy atom. The van der Waals surface area contributed by atoms with Crippen LogP contribution in [0.1, 0.15) is 24.8 Å². The number of para-hydroxylation sites is 1. The van der Waals surface area contributed by atoms with Crippen molar-refractivity contribution >= 4 is 11.8 Å². The molecule has 0 aliphatic carbocycles. The van der Waals surface area contributed by atoms with Gasteiger partial charge in [0.2, 0.25) is 0 Å². The van der Waals surface area contributed by atoms with Gasteiger partial charge in [0.15, 0.2) is 5.78 Å². The van der Waals surface area contributed by atoms with E-state index in [0.29, 0.717) is 13.0 Å². The summed E-state index contributed by atoms with van der Waals surface area (Å²) in [7, 11) is 1.61. The van der Waals surface area contributed by atoms with Gasteiger partial charge in [0, 0.05) is 18.5 Å². The molecule has 1 N–H and O–H groups in total. The Bertz CT molecular complexity index is 500. The van der Waals surface area contributed by atoms with Gasteiger partial charge in [-0.3, -0.25) is 14.5 Å². The molecule has 0 aromatic heterocycles. The van der Waals surface area contributed by atoms with Gasteiger partial charge >= 0.3 is 5.97 Å². The normalized spacial score (nSPS) is 19.9. The number of carboxylic acids is 1. The quantitative estimate of drug-likeness (QED) is 0.887. The van der Waals surface area contributed by atoms with Gasteiger partial charge in [-0.05, 0) is 19.0 Å². The molecule has 5 heteroatoms. The molecule has 1 aromatic carbocycles. The zero-order valence-electron chi connectivity index (χ0n) is 11.5. The van der Waals surface area contributed by atoms with E-state index >= 15 is 0 Å². The molecule has 0 radical (unpaired) electrons. The number of ether oxygens (including phenoxy) is 1. The molecule has 108 valence electrons. The SMILES string of the molecule is COc1ccccc1CN1CCCC(=O)C1CC(=O)O. The Labute approximate surface area is 118 Å². The van der Waals surface area contributed by atoms with Crippen LogP contribution in [0.5, 0.6) is 5.75 Å². The third-order valence-corrected chi connectivity index (χ3v) is 3.61. The second-order valence-electron chi connectivity index (χ2n) is 4.97. The highest BCUT2D eigenvalue weighted by atomic mass is 16.5. The van der Waals surface area contributed by atoms with E-state index in [4.69, 9.17) is 9.84 Å². The van der Waals surface area contributed by atoms with Gasteiger partial charge in [0.1, 0.15) is 5.75 Å². The number of nitrogens with zero attached hydrogens (tertiary/aromatic N) is 1. The fourth-order valence-electron chi connectivity index (χ4n) is 2.63. The second-order valence-corrected chi connectivity index (χ2v) is 4.97. The van der Waals surface area contributed by atoms with Crippen molar-refractivity contribution in [2.45, 2.75) is 31.8 Å². The summed E-state index contributed by atoms with van der Waals surface area (Å²) in [6, 6.07) is 7.09. The first kappa shape index (κ1) is 14.5. The van der Waals surface area contributed by atoms with Crippen molar-refractivity contribution in [3.63, 3.8) is 0 Å². The lowest BCUT2D eigenvalue weighted by Crippen LogP contribution is -2.46. The van der Waals surface area contributed by atoms with Crippen LogP contribution in [0.3, 0.4) is 0 Å². The number of aliphatic carboxylic acids is 1. The van der Waals surface area contributed by atoms with Gasteiger partial charge in [-0.15, -0.1) is 0 Å². The van der Waals surface area contributed by atoms with E-state index in [1.165, 1.54) is 0 Å². The lowest BCUT2D eigenvalue weighted by molar-refractivity contribution is -0.142. The largest absolute Gasteiger partial charge is 0.496 e. The molecule has 0 saturated carbocycles. The molecular formula is C15H19NO4. The maximum Gasteiger partial charge on any atom is 0.305 e. The summed E-state index contributed by atoms with van der Waals surface area (Å²) in [5.41, 5.74) is 0.972. The third-order valence-electron chi connectivity index (χ3n) is 3.61. The molecule has 1 fully saturated rings. The predicted molar refractivity (Wildman–Crippen MR) is 73.7 cm³/mol. The molecule has 1 aromatic rings. The van der Waals surface area contributed by atoms with Crippen LogP contribution in [0, 0.1) is 0 Å². The molecule has 0 amide bonds. The summed E-state index contributed by atoms with van der Waals surface area (Å²) >= 11 is 0. The van der Waals surface area contributed by atoms with E-state index < -0.39 is 12.0 Å². The lowest BCUT2D eigenvalue weighted by atomic mass is 9.97. The highest BCUT2D eigenvalue weighted by molar-refractivity contribution is 5.88. The van der Waals surface area contributed by atoms with Crippen molar-refractivity contribution in [1.29, 1.82) is 0 Å². The standard InChI is InChI=1S/C15H19NO4/c1-20-14-7-3-2-5-11(14)10-16-8-4-6-13(17)12(16)9-15(18)19/h2-3,5,7,12H,4,6,8-10H2,1H3,(H,18,19). The van der Waals surface area contributed by atoms with Crippen molar-refractivity contribution < 1.29 is 19.4 Å². The second kappa shape index (κ2) is 6.52. The van der Waals surface area contributed by atoms with E-state index in [1.54, 1.807) is 7.11 Å². The van der Waals surface area contributed by atoms with E-state index in [2.05, 4.69) is 0 Å². The van der Waals surface area contributed by atoms with Gasteiger partial charge in [-0.25, -0.2) is 0 Å². The van der Waals surface area contributed by atoms with Crippen LogP contribution in [-0.2, 0) is 16.1 Å². The fourth-order valence-corrected chi connectivity index (χ4v) is 2.63. The minimum absolute atomic E-state index is 0.0218. The number of piperidine rings is 1. The average Bonchev–Trinajstić information content (AvgIpc) is 2.43. The molecule has 5 nitrogen and oxygen atoms in total. The summed E-state index contributed by atoms with van der Waals surface area (Å²) in [4.78, 5) is 24.8. The highest BCUT2D eigenvalue weighted by Gasteiger charge is 2.31. The number of benzene rings is 1. The van der Waals surface area contributed by atoms with Gasteiger partial charge in [-0.2, -0.15) is 0 Å². The Morgan fingerprint density at radius 3 is 2.90 bits per heavy atom. The van der Waals surface area contributed by atoms with Gasteiger partial charge in [-0.1, -0.05) is 18.2 Å². The zero-order chi connectivity index (χ0) is 14.5. The number of hydrogen-bond acceptors (Lipinski definition) is 4. The number of Topliss-reactive ketones (excluding diaryl/α,β-unsaturated/α-hetero) is 1. The molecule has 0 spiro atoms. The molecule has 1 heterocycles. The summed E-state index contributed by atoms with van der Waals surface area (Å²) < 4.78 is 5.30. The van der Waals surface area contributed by atoms with E-state index in [0.717, 1.165) is 24.3 Å². The summed E-state index contributed by atoms with van der Waals surface area (Å²) in [5.74, 6) is -0.150.